The van der Waals surface area contributed by atoms with Crippen LogP contribution in [-0.4, -0.2) is 10.9 Å². The fraction of sp³-hybridized carbons (Fsp3) is 0.0909. The highest BCUT2D eigenvalue weighted by molar-refractivity contribution is 7.15. The van der Waals surface area contributed by atoms with Gasteiger partial charge in [0, 0.05) is 23.1 Å². The Bertz CT molecular complexity index is 1150. The first-order chi connectivity index (χ1) is 14.0. The van der Waals surface area contributed by atoms with Crippen molar-refractivity contribution in [3.05, 3.63) is 94.2 Å². The smallest absolute Gasteiger partial charge is 0.261 e. The van der Waals surface area contributed by atoms with Crippen LogP contribution in [-0.2, 0) is 6.42 Å². The Labute approximate surface area is 169 Å². The fourth-order valence-corrected chi connectivity index (χ4v) is 3.72. The summed E-state index contributed by atoms with van der Waals surface area (Å²) >= 11 is 1.36. The van der Waals surface area contributed by atoms with E-state index in [1.165, 1.54) is 35.6 Å². The minimum absolute atomic E-state index is 0.276. The van der Waals surface area contributed by atoms with Crippen LogP contribution >= 0.6 is 11.3 Å². The molecule has 0 bridgehead atoms. The lowest BCUT2D eigenvalue weighted by atomic mass is 10.1. The van der Waals surface area contributed by atoms with E-state index in [4.69, 9.17) is 4.42 Å². The molecular weight excluding hydrogens is 394 g/mol. The number of amides is 1. The van der Waals surface area contributed by atoms with Gasteiger partial charge in [0.2, 0.25) is 0 Å². The molecule has 0 fully saturated rings. The molecule has 2 aromatic heterocycles. The predicted octanol–water partition coefficient (Wildman–Crippen LogP) is 5.83. The van der Waals surface area contributed by atoms with Gasteiger partial charge in [0.25, 0.3) is 5.91 Å². The average Bonchev–Trinajstić information content (AvgIpc) is 3.30. The molecule has 2 heterocycles. The van der Waals surface area contributed by atoms with Gasteiger partial charge in [-0.2, -0.15) is 0 Å². The van der Waals surface area contributed by atoms with Gasteiger partial charge in [0.15, 0.2) is 5.13 Å². The first-order valence-corrected chi connectivity index (χ1v) is 9.66. The lowest BCUT2D eigenvalue weighted by Crippen LogP contribution is -2.11. The number of thiazole rings is 1. The van der Waals surface area contributed by atoms with Crippen LogP contribution in [0.2, 0.25) is 0 Å². The zero-order valence-electron chi connectivity index (χ0n) is 15.4. The molecule has 0 aliphatic rings. The molecule has 4 aromatic rings. The van der Waals surface area contributed by atoms with E-state index in [1.54, 1.807) is 43.5 Å². The van der Waals surface area contributed by atoms with Gasteiger partial charge in [-0.15, -0.1) is 11.3 Å². The second-order valence-corrected chi connectivity index (χ2v) is 7.59. The van der Waals surface area contributed by atoms with Crippen LogP contribution in [0.4, 0.5) is 13.9 Å². The second-order valence-electron chi connectivity index (χ2n) is 6.48. The van der Waals surface area contributed by atoms with Crippen LogP contribution in [0.5, 0.6) is 0 Å². The quantitative estimate of drug-likeness (QED) is 0.450. The third kappa shape index (κ3) is 4.41. The number of benzene rings is 2. The van der Waals surface area contributed by atoms with Gasteiger partial charge < -0.3 is 4.42 Å². The van der Waals surface area contributed by atoms with Gasteiger partial charge in [0.05, 0.1) is 5.56 Å². The van der Waals surface area contributed by atoms with E-state index < -0.39 is 0 Å². The van der Waals surface area contributed by atoms with E-state index >= 15 is 0 Å². The van der Waals surface area contributed by atoms with Gasteiger partial charge in [-0.3, -0.25) is 10.1 Å². The van der Waals surface area contributed by atoms with Gasteiger partial charge in [-0.25, -0.2) is 13.8 Å². The van der Waals surface area contributed by atoms with E-state index in [0.717, 1.165) is 10.4 Å². The Kier molecular flexibility index (Phi) is 5.22. The van der Waals surface area contributed by atoms with Crippen LogP contribution in [0.3, 0.4) is 0 Å². The summed E-state index contributed by atoms with van der Waals surface area (Å²) in [4.78, 5) is 17.8. The molecule has 0 saturated carbocycles. The summed E-state index contributed by atoms with van der Waals surface area (Å²) in [5.41, 5.74) is 2.03. The van der Waals surface area contributed by atoms with Gasteiger partial charge in [0.1, 0.15) is 23.2 Å². The Morgan fingerprint density at radius 2 is 1.72 bits per heavy atom. The van der Waals surface area contributed by atoms with Crippen molar-refractivity contribution in [3.63, 3.8) is 0 Å². The monoisotopic (exact) mass is 410 g/mol. The van der Waals surface area contributed by atoms with E-state index in [2.05, 4.69) is 10.3 Å². The molecule has 1 amide bonds. The highest BCUT2D eigenvalue weighted by atomic mass is 32.1. The Balaban J connectivity index is 1.46. The number of nitrogens with zero attached hydrogens (tertiary/aromatic N) is 1. The molecule has 1 N–H and O–H groups in total. The zero-order chi connectivity index (χ0) is 20.4. The molecule has 0 aliphatic carbocycles. The molecule has 0 unspecified atom stereocenters. The number of hydrogen-bond donors (Lipinski definition) is 1. The van der Waals surface area contributed by atoms with Crippen LogP contribution < -0.4 is 5.32 Å². The summed E-state index contributed by atoms with van der Waals surface area (Å²) < 4.78 is 31.8. The molecule has 7 heteroatoms. The number of furan rings is 1. The number of rotatable bonds is 5. The second kappa shape index (κ2) is 7.97. The van der Waals surface area contributed by atoms with E-state index in [-0.39, 0.29) is 17.5 Å². The summed E-state index contributed by atoms with van der Waals surface area (Å²) in [5.74, 6) is 0.00713. The average molecular weight is 410 g/mol. The standard InChI is InChI=1S/C22H16F2N2O2S/c1-13-19(11-20(28-13)15-4-8-17(24)9-5-15)21(27)26-22-25-12-18(29-22)10-14-2-6-16(23)7-3-14/h2-9,11-12H,10H2,1H3,(H,25,26,27). The number of carbonyl (C=O) groups excluding carboxylic acids is 1. The number of halogens is 2. The van der Waals surface area contributed by atoms with Crippen molar-refractivity contribution >= 4 is 22.4 Å². The summed E-state index contributed by atoms with van der Waals surface area (Å²) in [7, 11) is 0. The van der Waals surface area contributed by atoms with Crippen molar-refractivity contribution in [2.45, 2.75) is 13.3 Å². The number of hydrogen-bond acceptors (Lipinski definition) is 4. The molecule has 0 radical (unpaired) electrons. The molecule has 0 saturated heterocycles. The molecular formula is C22H16F2N2O2S. The molecule has 0 aliphatic heterocycles. The van der Waals surface area contributed by atoms with Crippen LogP contribution in [0.15, 0.2) is 65.2 Å². The normalized spacial score (nSPS) is 10.9. The Morgan fingerprint density at radius 3 is 2.41 bits per heavy atom. The van der Waals surface area contributed by atoms with Crippen molar-refractivity contribution in [2.24, 2.45) is 0 Å². The van der Waals surface area contributed by atoms with Crippen LogP contribution in [0.25, 0.3) is 11.3 Å². The van der Waals surface area contributed by atoms with Gasteiger partial charge in [-0.1, -0.05) is 12.1 Å². The van der Waals surface area contributed by atoms with Crippen molar-refractivity contribution in [1.29, 1.82) is 0 Å². The number of aromatic nitrogens is 1. The summed E-state index contributed by atoms with van der Waals surface area (Å²) in [6.45, 7) is 1.70. The zero-order valence-corrected chi connectivity index (χ0v) is 16.2. The van der Waals surface area contributed by atoms with Crippen molar-refractivity contribution in [2.75, 3.05) is 5.32 Å². The molecule has 0 atom stereocenters. The fourth-order valence-electron chi connectivity index (χ4n) is 2.88. The minimum Gasteiger partial charge on any atom is -0.461 e. The SMILES string of the molecule is Cc1oc(-c2ccc(F)cc2)cc1C(=O)Nc1ncc(Cc2ccc(F)cc2)s1. The molecule has 29 heavy (non-hydrogen) atoms. The summed E-state index contributed by atoms with van der Waals surface area (Å²) in [5, 5.41) is 3.25. The third-order valence-electron chi connectivity index (χ3n) is 4.36. The largest absolute Gasteiger partial charge is 0.461 e. The molecule has 0 spiro atoms. The molecule has 4 rings (SSSR count). The first kappa shape index (κ1) is 19.0. The van der Waals surface area contributed by atoms with Crippen molar-refractivity contribution in [3.8, 4) is 11.3 Å². The van der Waals surface area contributed by atoms with Crippen LogP contribution in [0.1, 0.15) is 26.6 Å². The van der Waals surface area contributed by atoms with Gasteiger partial charge >= 0.3 is 0 Å². The van der Waals surface area contributed by atoms with E-state index in [9.17, 15) is 13.6 Å². The number of carbonyl (C=O) groups is 1. The van der Waals surface area contributed by atoms with Crippen molar-refractivity contribution in [1.82, 2.24) is 4.98 Å². The highest BCUT2D eigenvalue weighted by Crippen LogP contribution is 2.27. The van der Waals surface area contributed by atoms with Crippen LogP contribution in [0, 0.1) is 18.6 Å². The van der Waals surface area contributed by atoms with Gasteiger partial charge in [-0.05, 0) is 55.0 Å². The number of anilines is 1. The highest BCUT2D eigenvalue weighted by Gasteiger charge is 2.17. The lowest BCUT2D eigenvalue weighted by molar-refractivity contribution is 0.102. The molecule has 2 aromatic carbocycles. The van der Waals surface area contributed by atoms with Crippen molar-refractivity contribution < 1.29 is 18.0 Å². The van der Waals surface area contributed by atoms with E-state index in [0.29, 0.717) is 34.2 Å². The topological polar surface area (TPSA) is 55.1 Å². The summed E-state index contributed by atoms with van der Waals surface area (Å²) in [6.07, 6.45) is 2.29. The maximum atomic E-state index is 13.1. The number of nitrogens with one attached hydrogen (secondary N) is 1. The Morgan fingerprint density at radius 1 is 1.07 bits per heavy atom. The Hall–Kier alpha value is -3.32. The number of aryl methyl sites for hydroxylation is 1. The maximum absolute atomic E-state index is 13.1. The summed E-state index contributed by atoms with van der Waals surface area (Å²) in [6, 6.07) is 13.8. The minimum atomic E-state index is -0.338. The third-order valence-corrected chi connectivity index (χ3v) is 5.27. The molecule has 146 valence electrons. The lowest BCUT2D eigenvalue weighted by Gasteiger charge is -1.99. The first-order valence-electron chi connectivity index (χ1n) is 8.85. The van der Waals surface area contributed by atoms with E-state index in [1.807, 2.05) is 0 Å². The molecule has 4 nitrogen and oxygen atoms in total. The predicted molar refractivity (Wildman–Crippen MR) is 108 cm³/mol. The maximum Gasteiger partial charge on any atom is 0.261 e.